The largest absolute Gasteiger partial charge is 0.399 e. The van der Waals surface area contributed by atoms with Crippen molar-refractivity contribution in [1.29, 1.82) is 0 Å². The first-order chi connectivity index (χ1) is 40.4. The molecule has 0 aromatic heterocycles. The summed E-state index contributed by atoms with van der Waals surface area (Å²) in [5.41, 5.74) is 72.1. The van der Waals surface area contributed by atoms with Crippen LogP contribution in [0.4, 0.5) is 56.9 Å². The van der Waals surface area contributed by atoms with Gasteiger partial charge in [-0.15, -0.1) is 0 Å². The Labute approximate surface area is 487 Å². The molecule has 10 heteroatoms. The molecule has 0 aliphatic rings. The lowest BCUT2D eigenvalue weighted by Crippen LogP contribution is -1.96. The van der Waals surface area contributed by atoms with Gasteiger partial charge in [0.2, 0.25) is 0 Å². The summed E-state index contributed by atoms with van der Waals surface area (Å²) >= 11 is 0. The van der Waals surface area contributed by atoms with Gasteiger partial charge in [-0.05, 0) is 245 Å². The van der Waals surface area contributed by atoms with Crippen molar-refractivity contribution in [2.75, 3.05) is 57.3 Å². The fraction of sp³-hybridized carbons (Fsp3) is 0.0541. The van der Waals surface area contributed by atoms with Gasteiger partial charge < -0.3 is 57.3 Å². The van der Waals surface area contributed by atoms with Crippen molar-refractivity contribution in [3.63, 3.8) is 0 Å². The molecule has 0 aliphatic heterocycles. The average molecular weight is 1100 g/mol. The van der Waals surface area contributed by atoms with Crippen LogP contribution >= 0.6 is 0 Å². The number of anilines is 10. The highest BCUT2D eigenvalue weighted by molar-refractivity contribution is 6.15. The summed E-state index contributed by atoms with van der Waals surface area (Å²) in [4.78, 5) is 0. The number of nitrogen functional groups attached to an aromatic ring is 10. The second-order valence-corrected chi connectivity index (χ2v) is 21.7. The molecule has 0 saturated heterocycles. The molecule has 0 spiro atoms. The molecule has 15 rings (SSSR count). The van der Waals surface area contributed by atoms with E-state index in [1.807, 2.05) is 133 Å². The van der Waals surface area contributed by atoms with E-state index >= 15 is 0 Å². The Morgan fingerprint density at radius 2 is 0.464 bits per heavy atom. The molecule has 0 amide bonds. The van der Waals surface area contributed by atoms with E-state index in [1.165, 1.54) is 76.1 Å². The van der Waals surface area contributed by atoms with E-state index in [9.17, 15) is 0 Å². The zero-order valence-corrected chi connectivity index (χ0v) is 47.6. The molecular formula is C74H68N10. The first-order valence-electron chi connectivity index (χ1n) is 27.8. The lowest BCUT2D eigenvalue weighted by atomic mass is 9.91. The maximum atomic E-state index is 6.12. The minimum atomic E-state index is 0.780. The van der Waals surface area contributed by atoms with Gasteiger partial charge >= 0.3 is 0 Å². The van der Waals surface area contributed by atoms with Crippen LogP contribution in [0.5, 0.6) is 0 Å². The molecule has 0 atom stereocenters. The molecular weight excluding hydrogens is 1030 g/mol. The first-order valence-corrected chi connectivity index (χ1v) is 27.8. The summed E-state index contributed by atoms with van der Waals surface area (Å²) in [5.74, 6) is 0. The molecule has 0 aliphatic carbocycles. The van der Waals surface area contributed by atoms with E-state index < -0.39 is 0 Å². The van der Waals surface area contributed by atoms with E-state index in [0.29, 0.717) is 0 Å². The van der Waals surface area contributed by atoms with Crippen molar-refractivity contribution in [1.82, 2.24) is 0 Å². The highest BCUT2D eigenvalue weighted by atomic mass is 14.6. The highest BCUT2D eigenvalue weighted by Gasteiger charge is 2.13. The van der Waals surface area contributed by atoms with Crippen LogP contribution in [0.1, 0.15) is 22.3 Å². The van der Waals surface area contributed by atoms with Crippen molar-refractivity contribution in [3.05, 3.63) is 241 Å². The van der Waals surface area contributed by atoms with E-state index in [1.54, 1.807) is 0 Å². The number of hydrogen-bond donors (Lipinski definition) is 10. The molecule has 84 heavy (non-hydrogen) atoms. The Balaban J connectivity index is 0.000000110. The molecule has 10 nitrogen and oxygen atoms in total. The highest BCUT2D eigenvalue weighted by Crippen LogP contribution is 2.39. The Morgan fingerprint density at radius 1 is 0.179 bits per heavy atom. The van der Waals surface area contributed by atoms with Crippen LogP contribution in [0.3, 0.4) is 0 Å². The van der Waals surface area contributed by atoms with E-state index in [4.69, 9.17) is 57.3 Å². The van der Waals surface area contributed by atoms with Gasteiger partial charge in [-0.25, -0.2) is 0 Å². The molecule has 0 bridgehead atoms. The molecule has 15 aromatic carbocycles. The molecule has 15 aromatic rings. The molecule has 0 unspecified atom stereocenters. The zero-order chi connectivity index (χ0) is 59.1. The molecule has 0 fully saturated rings. The number of rotatable bonds is 0. The van der Waals surface area contributed by atoms with Crippen molar-refractivity contribution >= 4 is 165 Å². The van der Waals surface area contributed by atoms with Crippen LogP contribution in [0.15, 0.2) is 218 Å². The lowest BCUT2D eigenvalue weighted by Gasteiger charge is -2.15. The third-order valence-corrected chi connectivity index (χ3v) is 16.2. The van der Waals surface area contributed by atoms with Gasteiger partial charge in [0.25, 0.3) is 0 Å². The van der Waals surface area contributed by atoms with Gasteiger partial charge in [-0.1, -0.05) is 109 Å². The topological polar surface area (TPSA) is 260 Å². The van der Waals surface area contributed by atoms with Crippen molar-refractivity contribution in [2.24, 2.45) is 0 Å². The van der Waals surface area contributed by atoms with Gasteiger partial charge in [0.05, 0.1) is 0 Å². The number of fused-ring (bicyclic) bond motifs is 13. The van der Waals surface area contributed by atoms with E-state index in [-0.39, 0.29) is 0 Å². The normalized spacial score (nSPS) is 11.1. The minimum absolute atomic E-state index is 0.780. The SMILES string of the molecule is Cc1c(C)c2cc(N)ccc2c2ccc(N)cc12.Cc1c2cccc(N)c2c(C)c2cccc(N)c12.Nc1ccc2c(ccc3cc(N)ccc32)c1.Nc1ccc2ccc3ccc(N)cc3c2c1.Nc1cccc2cc3c(N)cccc3cc12. The third kappa shape index (κ3) is 10.6. The van der Waals surface area contributed by atoms with Gasteiger partial charge in [0.1, 0.15) is 0 Å². The lowest BCUT2D eigenvalue weighted by molar-refractivity contribution is 1.41. The van der Waals surface area contributed by atoms with Crippen LogP contribution in [-0.2, 0) is 0 Å². The van der Waals surface area contributed by atoms with Crippen molar-refractivity contribution < 1.29 is 0 Å². The molecule has 0 radical (unpaired) electrons. The van der Waals surface area contributed by atoms with Crippen molar-refractivity contribution in [3.8, 4) is 0 Å². The summed E-state index contributed by atoms with van der Waals surface area (Å²) in [6.07, 6.45) is 0. The summed E-state index contributed by atoms with van der Waals surface area (Å²) < 4.78 is 0. The quantitative estimate of drug-likeness (QED) is 0.0390. The van der Waals surface area contributed by atoms with Gasteiger partial charge in [-0.3, -0.25) is 0 Å². The van der Waals surface area contributed by atoms with Crippen LogP contribution in [0.25, 0.3) is 108 Å². The summed E-state index contributed by atoms with van der Waals surface area (Å²) in [5, 5.41) is 23.5. The molecule has 0 heterocycles. The maximum absolute atomic E-state index is 6.12. The molecule has 20 N–H and O–H groups in total. The number of hydrogen-bond acceptors (Lipinski definition) is 10. The fourth-order valence-corrected chi connectivity index (χ4v) is 11.8. The Morgan fingerprint density at radius 3 is 0.857 bits per heavy atom. The average Bonchev–Trinajstić information content (AvgIpc) is 2.81. The van der Waals surface area contributed by atoms with Crippen LogP contribution < -0.4 is 57.3 Å². The monoisotopic (exact) mass is 1100 g/mol. The predicted molar refractivity (Wildman–Crippen MR) is 370 cm³/mol. The smallest absolute Gasteiger partial charge is 0.0396 e. The van der Waals surface area contributed by atoms with E-state index in [2.05, 4.69) is 113 Å². The second-order valence-electron chi connectivity index (χ2n) is 21.7. The number of nitrogens with two attached hydrogens (primary N) is 10. The van der Waals surface area contributed by atoms with Crippen LogP contribution in [0.2, 0.25) is 0 Å². The van der Waals surface area contributed by atoms with E-state index in [0.717, 1.165) is 111 Å². The Bertz CT molecular complexity index is 4770. The summed E-state index contributed by atoms with van der Waals surface area (Å²) in [7, 11) is 0. The zero-order valence-electron chi connectivity index (χ0n) is 47.6. The Kier molecular flexibility index (Phi) is 14.7. The molecule has 414 valence electrons. The first kappa shape index (κ1) is 54.8. The third-order valence-electron chi connectivity index (χ3n) is 16.2. The van der Waals surface area contributed by atoms with Crippen LogP contribution in [-0.4, -0.2) is 0 Å². The standard InChI is InChI=1S/2C16H16N2.3C14H12N2/c1-9-10(2)16-8-12(18)4-6-14(16)13-5-3-11(17)7-15(9)13;1-9-11-5-3-8-14(18)16(11)10(2)12-6-4-7-13(17)15(9)12;15-13-5-1-3-9-7-12-10(8-11(9)13)4-2-6-14(12)16;15-11-3-5-13-9(7-11)1-2-10-8-12(16)4-6-14(10)13;15-11-5-3-9-1-2-10-4-6-12(16)8-14(10)13(9)7-11/h2*3-8H,17-18H2,1-2H3;3*1-8H,15-16H2. The predicted octanol–water partition coefficient (Wildman–Crippen LogP) is 17.0. The maximum Gasteiger partial charge on any atom is 0.0396 e. The Hall–Kier alpha value is -11.1. The van der Waals surface area contributed by atoms with Gasteiger partial charge in [0.15, 0.2) is 0 Å². The fourth-order valence-electron chi connectivity index (χ4n) is 11.8. The van der Waals surface area contributed by atoms with Crippen LogP contribution in [0, 0.1) is 27.7 Å². The second kappa shape index (κ2) is 22.4. The summed E-state index contributed by atoms with van der Waals surface area (Å²) in [6, 6.07) is 72.6. The molecule has 0 saturated carbocycles. The number of benzene rings is 15. The van der Waals surface area contributed by atoms with Gasteiger partial charge in [0, 0.05) is 78.4 Å². The van der Waals surface area contributed by atoms with Crippen molar-refractivity contribution in [2.45, 2.75) is 27.7 Å². The number of aryl methyl sites for hydroxylation is 4. The summed E-state index contributed by atoms with van der Waals surface area (Å²) in [6.45, 7) is 8.50. The minimum Gasteiger partial charge on any atom is -0.399 e. The van der Waals surface area contributed by atoms with Gasteiger partial charge in [-0.2, -0.15) is 0 Å².